The van der Waals surface area contributed by atoms with Crippen LogP contribution in [0.2, 0.25) is 5.02 Å². The second-order valence-corrected chi connectivity index (χ2v) is 6.14. The van der Waals surface area contributed by atoms with E-state index in [1.165, 1.54) is 31.2 Å². The highest BCUT2D eigenvalue weighted by atomic mass is 35.5. The summed E-state index contributed by atoms with van der Waals surface area (Å²) in [4.78, 5) is 0. The molecule has 2 N–H and O–H groups in total. The van der Waals surface area contributed by atoms with Crippen molar-refractivity contribution in [3.05, 3.63) is 33.8 Å². The van der Waals surface area contributed by atoms with Gasteiger partial charge in [0.25, 0.3) is 0 Å². The Hall–Kier alpha value is -0.530. The maximum atomic E-state index is 6.52. The minimum absolute atomic E-state index is 0.0670. The number of nitrogens with two attached hydrogens (primary N) is 1. The van der Waals surface area contributed by atoms with Gasteiger partial charge < -0.3 is 5.73 Å². The zero-order valence-corrected chi connectivity index (χ0v) is 11.8. The van der Waals surface area contributed by atoms with Crippen molar-refractivity contribution >= 4 is 11.6 Å². The molecule has 2 heteroatoms. The molecule has 1 aliphatic carbocycles. The van der Waals surface area contributed by atoms with Crippen LogP contribution in [0.25, 0.3) is 0 Å². The van der Waals surface area contributed by atoms with Crippen LogP contribution in [-0.2, 0) is 0 Å². The van der Waals surface area contributed by atoms with E-state index in [1.54, 1.807) is 0 Å². The zero-order chi connectivity index (χ0) is 12.6. The highest BCUT2D eigenvalue weighted by Crippen LogP contribution is 2.48. The van der Waals surface area contributed by atoms with Crippen molar-refractivity contribution in [3.8, 4) is 0 Å². The average molecular weight is 252 g/mol. The van der Waals surface area contributed by atoms with E-state index in [0.29, 0.717) is 0 Å². The monoisotopic (exact) mass is 251 g/mol. The Labute approximate surface area is 109 Å². The van der Waals surface area contributed by atoms with Crippen LogP contribution in [0, 0.1) is 19.3 Å². The van der Waals surface area contributed by atoms with Gasteiger partial charge in [-0.25, -0.2) is 0 Å². The Morgan fingerprint density at radius 3 is 2.29 bits per heavy atom. The minimum Gasteiger partial charge on any atom is -0.323 e. The summed E-state index contributed by atoms with van der Waals surface area (Å²) in [5, 5.41) is 0.866. The van der Waals surface area contributed by atoms with Crippen LogP contribution in [0.5, 0.6) is 0 Å². The van der Waals surface area contributed by atoms with Crippen LogP contribution < -0.4 is 5.73 Å². The molecule has 1 nitrogen and oxygen atoms in total. The first-order valence-electron chi connectivity index (χ1n) is 6.47. The Bertz CT molecular complexity index is 419. The molecule has 1 saturated carbocycles. The van der Waals surface area contributed by atoms with Crippen LogP contribution in [0.1, 0.15) is 55.3 Å². The fourth-order valence-electron chi connectivity index (χ4n) is 3.02. The average Bonchev–Trinajstić information content (AvgIpc) is 2.72. The summed E-state index contributed by atoms with van der Waals surface area (Å²) in [5.41, 5.74) is 10.3. The van der Waals surface area contributed by atoms with Crippen molar-refractivity contribution in [2.45, 2.75) is 52.5 Å². The second kappa shape index (κ2) is 4.62. The van der Waals surface area contributed by atoms with Crippen molar-refractivity contribution in [2.24, 2.45) is 11.1 Å². The van der Waals surface area contributed by atoms with Gasteiger partial charge in [0, 0.05) is 11.1 Å². The SMILES string of the molecule is Cc1ccc(C)c(C(N)C2(C)CCCC2)c1Cl. The predicted octanol–water partition coefficient (Wildman–Crippen LogP) is 4.54. The van der Waals surface area contributed by atoms with Crippen molar-refractivity contribution in [2.75, 3.05) is 0 Å². The summed E-state index contributed by atoms with van der Waals surface area (Å²) in [5.74, 6) is 0. The first kappa shape index (κ1) is 12.9. The smallest absolute Gasteiger partial charge is 0.0485 e. The van der Waals surface area contributed by atoms with Gasteiger partial charge in [0.05, 0.1) is 0 Å². The van der Waals surface area contributed by atoms with Gasteiger partial charge in [-0.05, 0) is 48.8 Å². The van der Waals surface area contributed by atoms with Crippen LogP contribution >= 0.6 is 11.6 Å². The number of hydrogen-bond acceptors (Lipinski definition) is 1. The Morgan fingerprint density at radius 2 is 1.71 bits per heavy atom. The molecule has 0 spiro atoms. The van der Waals surface area contributed by atoms with Crippen molar-refractivity contribution in [3.63, 3.8) is 0 Å². The van der Waals surface area contributed by atoms with E-state index in [4.69, 9.17) is 17.3 Å². The van der Waals surface area contributed by atoms with Crippen LogP contribution in [0.3, 0.4) is 0 Å². The van der Waals surface area contributed by atoms with Gasteiger partial charge in [0.1, 0.15) is 0 Å². The molecule has 2 rings (SSSR count). The summed E-state index contributed by atoms with van der Waals surface area (Å²) >= 11 is 6.45. The second-order valence-electron chi connectivity index (χ2n) is 5.77. The lowest BCUT2D eigenvalue weighted by atomic mass is 9.76. The van der Waals surface area contributed by atoms with E-state index in [1.807, 2.05) is 0 Å². The van der Waals surface area contributed by atoms with Crippen molar-refractivity contribution < 1.29 is 0 Å². The maximum Gasteiger partial charge on any atom is 0.0485 e. The van der Waals surface area contributed by atoms with E-state index in [-0.39, 0.29) is 11.5 Å². The van der Waals surface area contributed by atoms with Gasteiger partial charge in [-0.3, -0.25) is 0 Å². The molecule has 1 aromatic carbocycles. The molecule has 1 aliphatic rings. The molecule has 1 unspecified atom stereocenters. The van der Waals surface area contributed by atoms with E-state index < -0.39 is 0 Å². The van der Waals surface area contributed by atoms with Crippen LogP contribution in [0.15, 0.2) is 12.1 Å². The molecule has 1 fully saturated rings. The molecule has 94 valence electrons. The van der Waals surface area contributed by atoms with Gasteiger partial charge in [0.2, 0.25) is 0 Å². The summed E-state index contributed by atoms with van der Waals surface area (Å²) in [6.07, 6.45) is 5.04. The standard InChI is InChI=1S/C15H22ClN/c1-10-6-7-11(2)13(16)12(10)14(17)15(3)8-4-5-9-15/h6-7,14H,4-5,8-9,17H2,1-3H3. The molecule has 0 bridgehead atoms. The number of benzene rings is 1. The first-order valence-corrected chi connectivity index (χ1v) is 6.85. The summed E-state index contributed by atoms with van der Waals surface area (Å²) in [7, 11) is 0. The molecule has 17 heavy (non-hydrogen) atoms. The summed E-state index contributed by atoms with van der Waals surface area (Å²) in [6, 6.07) is 4.27. The zero-order valence-electron chi connectivity index (χ0n) is 11.0. The van der Waals surface area contributed by atoms with Gasteiger partial charge >= 0.3 is 0 Å². The third-order valence-corrected chi connectivity index (χ3v) is 4.90. The summed E-state index contributed by atoms with van der Waals surface area (Å²) in [6.45, 7) is 6.47. The largest absolute Gasteiger partial charge is 0.323 e. The fraction of sp³-hybridized carbons (Fsp3) is 0.600. The van der Waals surface area contributed by atoms with E-state index >= 15 is 0 Å². The van der Waals surface area contributed by atoms with Gasteiger partial charge in [-0.2, -0.15) is 0 Å². The topological polar surface area (TPSA) is 26.0 Å². The molecule has 0 radical (unpaired) electrons. The quantitative estimate of drug-likeness (QED) is 0.821. The van der Waals surface area contributed by atoms with Crippen molar-refractivity contribution in [1.29, 1.82) is 0 Å². The Balaban J connectivity index is 2.43. The molecule has 0 saturated heterocycles. The molecular formula is C15H22ClN. The molecular weight excluding hydrogens is 230 g/mol. The lowest BCUT2D eigenvalue weighted by Gasteiger charge is -2.33. The van der Waals surface area contributed by atoms with Gasteiger partial charge in [-0.1, -0.05) is 43.5 Å². The third kappa shape index (κ3) is 2.23. The first-order chi connectivity index (χ1) is 7.96. The van der Waals surface area contributed by atoms with Gasteiger partial charge in [0.15, 0.2) is 0 Å². The number of aryl methyl sites for hydroxylation is 2. The minimum atomic E-state index is 0.0670. The molecule has 0 heterocycles. The Morgan fingerprint density at radius 1 is 1.18 bits per heavy atom. The third-order valence-electron chi connectivity index (χ3n) is 4.40. The number of halogens is 1. The van der Waals surface area contributed by atoms with E-state index in [9.17, 15) is 0 Å². The van der Waals surface area contributed by atoms with Crippen molar-refractivity contribution in [1.82, 2.24) is 0 Å². The molecule has 0 amide bonds. The lowest BCUT2D eigenvalue weighted by molar-refractivity contribution is 0.265. The molecule has 0 aromatic heterocycles. The highest BCUT2D eigenvalue weighted by molar-refractivity contribution is 6.32. The van der Waals surface area contributed by atoms with E-state index in [0.717, 1.165) is 16.1 Å². The molecule has 1 atom stereocenters. The number of hydrogen-bond donors (Lipinski definition) is 1. The Kier molecular flexibility index (Phi) is 3.51. The molecule has 0 aliphatic heterocycles. The maximum absolute atomic E-state index is 6.52. The normalized spacial score (nSPS) is 20.5. The van der Waals surface area contributed by atoms with Crippen LogP contribution in [0.4, 0.5) is 0 Å². The summed E-state index contributed by atoms with van der Waals surface area (Å²) < 4.78 is 0. The van der Waals surface area contributed by atoms with E-state index in [2.05, 4.69) is 32.9 Å². The van der Waals surface area contributed by atoms with Gasteiger partial charge in [-0.15, -0.1) is 0 Å². The highest BCUT2D eigenvalue weighted by Gasteiger charge is 2.37. The van der Waals surface area contributed by atoms with Crippen LogP contribution in [-0.4, -0.2) is 0 Å². The lowest BCUT2D eigenvalue weighted by Crippen LogP contribution is -2.30. The fourth-order valence-corrected chi connectivity index (χ4v) is 3.35. The number of rotatable bonds is 2. The predicted molar refractivity (Wildman–Crippen MR) is 74.4 cm³/mol. The molecule has 1 aromatic rings.